The highest BCUT2D eigenvalue weighted by Crippen LogP contribution is 2.19. The minimum atomic E-state index is -0.627. The molecule has 6 heteroatoms. The second-order valence-corrected chi connectivity index (χ2v) is 4.49. The number of likely N-dealkylation sites (tertiary alicyclic amines) is 1. The van der Waals surface area contributed by atoms with Crippen molar-refractivity contribution in [1.82, 2.24) is 15.2 Å². The fourth-order valence-corrected chi connectivity index (χ4v) is 2.28. The molecular weight excluding hydrogens is 249 g/mol. The van der Waals surface area contributed by atoms with Crippen LogP contribution in [0.25, 0.3) is 0 Å². The summed E-state index contributed by atoms with van der Waals surface area (Å²) < 4.78 is 12.8. The van der Waals surface area contributed by atoms with Crippen LogP contribution in [0.15, 0.2) is 18.3 Å². The highest BCUT2D eigenvalue weighted by molar-refractivity contribution is 5.97. The molecule has 2 rings (SSSR count). The Kier molecular flexibility index (Phi) is 4.09. The van der Waals surface area contributed by atoms with Gasteiger partial charge >= 0.3 is 0 Å². The lowest BCUT2D eigenvalue weighted by Crippen LogP contribution is -2.51. The van der Waals surface area contributed by atoms with Gasteiger partial charge in [0.1, 0.15) is 6.04 Å². The van der Waals surface area contributed by atoms with Gasteiger partial charge in [-0.15, -0.1) is 0 Å². The van der Waals surface area contributed by atoms with Crippen molar-refractivity contribution in [2.75, 3.05) is 13.6 Å². The summed E-state index contributed by atoms with van der Waals surface area (Å²) in [5.74, 6) is -1.07. The summed E-state index contributed by atoms with van der Waals surface area (Å²) in [5.41, 5.74) is 0.303. The predicted octanol–water partition coefficient (Wildman–Crippen LogP) is 0.961. The molecule has 1 saturated heterocycles. The number of carbonyl (C=O) groups excluding carboxylic acids is 2. The molecule has 1 atom stereocenters. The lowest BCUT2D eigenvalue weighted by molar-refractivity contribution is -0.126. The third-order valence-electron chi connectivity index (χ3n) is 3.29. The van der Waals surface area contributed by atoms with Crippen molar-refractivity contribution in [3.63, 3.8) is 0 Å². The standard InChI is InChI=1S/C13H16FN3O2/c1-15-12(18)10-4-2-3-7-17(10)13(19)9-5-6-11(14)16-8-9/h5-6,8,10H,2-4,7H2,1H3,(H,15,18). The Morgan fingerprint density at radius 3 is 2.84 bits per heavy atom. The fourth-order valence-electron chi connectivity index (χ4n) is 2.28. The Bertz CT molecular complexity index is 475. The number of aromatic nitrogens is 1. The monoisotopic (exact) mass is 265 g/mol. The smallest absolute Gasteiger partial charge is 0.256 e. The van der Waals surface area contributed by atoms with Crippen molar-refractivity contribution in [1.29, 1.82) is 0 Å². The second-order valence-electron chi connectivity index (χ2n) is 4.49. The van der Waals surface area contributed by atoms with Gasteiger partial charge in [-0.1, -0.05) is 0 Å². The zero-order valence-electron chi connectivity index (χ0n) is 10.7. The maximum Gasteiger partial charge on any atom is 0.256 e. The molecule has 102 valence electrons. The number of carbonyl (C=O) groups is 2. The first-order valence-corrected chi connectivity index (χ1v) is 6.27. The average Bonchev–Trinajstić information content (AvgIpc) is 2.46. The van der Waals surface area contributed by atoms with Crippen LogP contribution in [0.2, 0.25) is 0 Å². The minimum absolute atomic E-state index is 0.164. The minimum Gasteiger partial charge on any atom is -0.357 e. The predicted molar refractivity (Wildman–Crippen MR) is 66.9 cm³/mol. The summed E-state index contributed by atoms with van der Waals surface area (Å²) in [6, 6.07) is 2.09. The Balaban J connectivity index is 2.20. The van der Waals surface area contributed by atoms with Gasteiger partial charge in [0, 0.05) is 19.8 Å². The summed E-state index contributed by atoms with van der Waals surface area (Å²) in [4.78, 5) is 29.1. The highest BCUT2D eigenvalue weighted by Gasteiger charge is 2.32. The molecule has 2 amide bonds. The van der Waals surface area contributed by atoms with Crippen LogP contribution in [0.4, 0.5) is 4.39 Å². The van der Waals surface area contributed by atoms with Gasteiger partial charge in [0.05, 0.1) is 5.56 Å². The van der Waals surface area contributed by atoms with Crippen molar-refractivity contribution < 1.29 is 14.0 Å². The first-order chi connectivity index (χ1) is 9.13. The number of hydrogen-bond acceptors (Lipinski definition) is 3. The third-order valence-corrected chi connectivity index (χ3v) is 3.29. The molecule has 0 radical (unpaired) electrons. The number of amides is 2. The molecule has 1 N–H and O–H groups in total. The summed E-state index contributed by atoms with van der Waals surface area (Å²) >= 11 is 0. The van der Waals surface area contributed by atoms with Gasteiger partial charge in [0.25, 0.3) is 5.91 Å². The number of piperidine rings is 1. The largest absolute Gasteiger partial charge is 0.357 e. The molecule has 1 fully saturated rings. The molecule has 5 nitrogen and oxygen atoms in total. The van der Waals surface area contributed by atoms with Crippen LogP contribution in [0, 0.1) is 5.95 Å². The number of nitrogens with zero attached hydrogens (tertiary/aromatic N) is 2. The molecule has 0 aromatic carbocycles. The SMILES string of the molecule is CNC(=O)C1CCCCN1C(=O)c1ccc(F)nc1. The normalized spacial score (nSPS) is 19.1. The summed E-state index contributed by atoms with van der Waals surface area (Å²) in [7, 11) is 1.55. The third kappa shape index (κ3) is 2.89. The van der Waals surface area contributed by atoms with Crippen LogP contribution >= 0.6 is 0 Å². The molecule has 0 spiro atoms. The number of nitrogens with one attached hydrogen (secondary N) is 1. The number of likely N-dealkylation sites (N-methyl/N-ethyl adjacent to an activating group) is 1. The Morgan fingerprint density at radius 1 is 1.42 bits per heavy atom. The van der Waals surface area contributed by atoms with Crippen molar-refractivity contribution in [2.45, 2.75) is 25.3 Å². The topological polar surface area (TPSA) is 62.3 Å². The molecular formula is C13H16FN3O2. The number of hydrogen-bond donors (Lipinski definition) is 1. The second kappa shape index (κ2) is 5.77. The number of rotatable bonds is 2. The van der Waals surface area contributed by atoms with E-state index in [2.05, 4.69) is 10.3 Å². The van der Waals surface area contributed by atoms with Crippen LogP contribution in [0.1, 0.15) is 29.6 Å². The molecule has 1 unspecified atom stereocenters. The molecule has 1 aromatic heterocycles. The lowest BCUT2D eigenvalue weighted by Gasteiger charge is -2.34. The maximum absolute atomic E-state index is 12.8. The Morgan fingerprint density at radius 2 is 2.21 bits per heavy atom. The Hall–Kier alpha value is -1.98. The van der Waals surface area contributed by atoms with Gasteiger partial charge in [-0.25, -0.2) is 4.98 Å². The molecule has 0 aliphatic carbocycles. The summed E-state index contributed by atoms with van der Waals surface area (Å²) in [6.45, 7) is 0.536. The van der Waals surface area contributed by atoms with E-state index in [0.717, 1.165) is 18.9 Å². The maximum atomic E-state index is 12.8. The lowest BCUT2D eigenvalue weighted by atomic mass is 10.0. The molecule has 1 aromatic rings. The van der Waals surface area contributed by atoms with Crippen molar-refractivity contribution >= 4 is 11.8 Å². The van der Waals surface area contributed by atoms with Gasteiger partial charge in [-0.2, -0.15) is 4.39 Å². The van der Waals surface area contributed by atoms with E-state index < -0.39 is 12.0 Å². The first-order valence-electron chi connectivity index (χ1n) is 6.27. The van der Waals surface area contributed by atoms with E-state index in [1.807, 2.05) is 0 Å². The van der Waals surface area contributed by atoms with Crippen LogP contribution in [0.3, 0.4) is 0 Å². The summed E-state index contributed by atoms with van der Waals surface area (Å²) in [6.07, 6.45) is 3.64. The van der Waals surface area contributed by atoms with E-state index in [-0.39, 0.29) is 11.8 Å². The van der Waals surface area contributed by atoms with Gasteiger partial charge in [-0.05, 0) is 31.4 Å². The molecule has 1 aliphatic rings. The van der Waals surface area contributed by atoms with E-state index in [9.17, 15) is 14.0 Å². The van der Waals surface area contributed by atoms with Gasteiger partial charge in [0.15, 0.2) is 0 Å². The van der Waals surface area contributed by atoms with Crippen LogP contribution in [-0.4, -0.2) is 41.3 Å². The van der Waals surface area contributed by atoms with Crippen molar-refractivity contribution in [3.8, 4) is 0 Å². The van der Waals surface area contributed by atoms with Crippen molar-refractivity contribution in [3.05, 3.63) is 29.8 Å². The van der Waals surface area contributed by atoms with Crippen LogP contribution in [-0.2, 0) is 4.79 Å². The van der Waals surface area contributed by atoms with E-state index in [0.29, 0.717) is 18.5 Å². The molecule has 1 aliphatic heterocycles. The van der Waals surface area contributed by atoms with Gasteiger partial charge in [0.2, 0.25) is 11.9 Å². The number of pyridine rings is 1. The Labute approximate surface area is 110 Å². The first kappa shape index (κ1) is 13.5. The number of halogens is 1. The highest BCUT2D eigenvalue weighted by atomic mass is 19.1. The van der Waals surface area contributed by atoms with E-state index in [4.69, 9.17) is 0 Å². The van der Waals surface area contributed by atoms with E-state index in [1.165, 1.54) is 17.2 Å². The zero-order valence-corrected chi connectivity index (χ0v) is 10.7. The molecule has 2 heterocycles. The summed E-state index contributed by atoms with van der Waals surface area (Å²) in [5, 5.41) is 2.57. The van der Waals surface area contributed by atoms with E-state index >= 15 is 0 Å². The average molecular weight is 265 g/mol. The fraction of sp³-hybridized carbons (Fsp3) is 0.462. The van der Waals surface area contributed by atoms with Crippen LogP contribution < -0.4 is 5.32 Å². The molecule has 0 saturated carbocycles. The van der Waals surface area contributed by atoms with Gasteiger partial charge in [-0.3, -0.25) is 9.59 Å². The van der Waals surface area contributed by atoms with Crippen molar-refractivity contribution in [2.24, 2.45) is 0 Å². The molecule has 19 heavy (non-hydrogen) atoms. The zero-order chi connectivity index (χ0) is 13.8. The van der Waals surface area contributed by atoms with Crippen LogP contribution in [0.5, 0.6) is 0 Å². The van der Waals surface area contributed by atoms with E-state index in [1.54, 1.807) is 7.05 Å². The van der Waals surface area contributed by atoms with Gasteiger partial charge < -0.3 is 10.2 Å². The molecule has 0 bridgehead atoms. The quantitative estimate of drug-likeness (QED) is 0.810.